The standard InChI is InChI=1S/C13H19FN2O2/c1-9-5-6-11(14)12(8-9)16-13(18)15-10(2)4-3-7-17/h5-6,8,10,17H,3-4,7H2,1-2H3,(H2,15,16,18). The van der Waals surface area contributed by atoms with Gasteiger partial charge in [0.25, 0.3) is 0 Å². The number of hydrogen-bond donors (Lipinski definition) is 3. The number of aryl methyl sites for hydroxylation is 1. The number of hydrogen-bond acceptors (Lipinski definition) is 2. The van der Waals surface area contributed by atoms with Gasteiger partial charge in [0.15, 0.2) is 0 Å². The molecule has 0 aromatic heterocycles. The third-order valence-electron chi connectivity index (χ3n) is 2.54. The Labute approximate surface area is 106 Å². The molecular weight excluding hydrogens is 235 g/mol. The van der Waals surface area contributed by atoms with E-state index in [0.717, 1.165) is 5.56 Å². The first-order valence-corrected chi connectivity index (χ1v) is 5.97. The van der Waals surface area contributed by atoms with Crippen LogP contribution < -0.4 is 10.6 Å². The van der Waals surface area contributed by atoms with E-state index in [1.54, 1.807) is 12.1 Å². The maximum atomic E-state index is 13.4. The minimum Gasteiger partial charge on any atom is -0.396 e. The molecule has 1 atom stereocenters. The third-order valence-corrected chi connectivity index (χ3v) is 2.54. The number of urea groups is 1. The second-order valence-electron chi connectivity index (χ2n) is 4.35. The van der Waals surface area contributed by atoms with Crippen LogP contribution in [-0.2, 0) is 0 Å². The summed E-state index contributed by atoms with van der Waals surface area (Å²) >= 11 is 0. The molecule has 100 valence electrons. The molecule has 0 aliphatic carbocycles. The number of carbonyl (C=O) groups excluding carboxylic acids is 1. The van der Waals surface area contributed by atoms with E-state index >= 15 is 0 Å². The molecular formula is C13H19FN2O2. The van der Waals surface area contributed by atoms with Gasteiger partial charge in [0.2, 0.25) is 0 Å². The van der Waals surface area contributed by atoms with Crippen molar-refractivity contribution in [2.75, 3.05) is 11.9 Å². The molecule has 1 rings (SSSR count). The molecule has 0 heterocycles. The van der Waals surface area contributed by atoms with Crippen LogP contribution in [-0.4, -0.2) is 23.8 Å². The first-order chi connectivity index (χ1) is 8.52. The molecule has 0 radical (unpaired) electrons. The Hall–Kier alpha value is -1.62. The van der Waals surface area contributed by atoms with Gasteiger partial charge < -0.3 is 15.7 Å². The van der Waals surface area contributed by atoms with Crippen molar-refractivity contribution in [3.8, 4) is 0 Å². The lowest BCUT2D eigenvalue weighted by Gasteiger charge is -2.14. The second-order valence-corrected chi connectivity index (χ2v) is 4.35. The highest BCUT2D eigenvalue weighted by Crippen LogP contribution is 2.15. The van der Waals surface area contributed by atoms with Gasteiger partial charge in [-0.15, -0.1) is 0 Å². The summed E-state index contributed by atoms with van der Waals surface area (Å²) in [5, 5.41) is 13.8. The first kappa shape index (κ1) is 14.4. The highest BCUT2D eigenvalue weighted by atomic mass is 19.1. The predicted octanol–water partition coefficient (Wildman–Crippen LogP) is 2.42. The van der Waals surface area contributed by atoms with E-state index < -0.39 is 11.8 Å². The second kappa shape index (κ2) is 6.96. The molecule has 1 unspecified atom stereocenters. The molecule has 0 saturated heterocycles. The van der Waals surface area contributed by atoms with Gasteiger partial charge in [-0.3, -0.25) is 0 Å². The summed E-state index contributed by atoms with van der Waals surface area (Å²) in [6, 6.07) is 4.03. The van der Waals surface area contributed by atoms with Crippen molar-refractivity contribution in [3.63, 3.8) is 0 Å². The zero-order valence-corrected chi connectivity index (χ0v) is 10.7. The summed E-state index contributed by atoms with van der Waals surface area (Å²) in [6.07, 6.45) is 1.31. The quantitative estimate of drug-likeness (QED) is 0.755. The molecule has 0 bridgehead atoms. The van der Waals surface area contributed by atoms with Gasteiger partial charge in [0, 0.05) is 12.6 Å². The van der Waals surface area contributed by atoms with E-state index in [-0.39, 0.29) is 18.3 Å². The molecule has 1 aromatic rings. The van der Waals surface area contributed by atoms with Crippen molar-refractivity contribution < 1.29 is 14.3 Å². The Morgan fingerprint density at radius 3 is 2.89 bits per heavy atom. The molecule has 0 aliphatic rings. The maximum absolute atomic E-state index is 13.4. The van der Waals surface area contributed by atoms with E-state index in [2.05, 4.69) is 10.6 Å². The summed E-state index contributed by atoms with van der Waals surface area (Å²) in [7, 11) is 0. The predicted molar refractivity (Wildman–Crippen MR) is 69.1 cm³/mol. The lowest BCUT2D eigenvalue weighted by molar-refractivity contribution is 0.245. The Morgan fingerprint density at radius 2 is 2.22 bits per heavy atom. The minimum atomic E-state index is -0.459. The molecule has 0 aliphatic heterocycles. The molecule has 0 fully saturated rings. The van der Waals surface area contributed by atoms with E-state index in [1.807, 2.05) is 13.8 Å². The van der Waals surface area contributed by atoms with E-state index in [9.17, 15) is 9.18 Å². The van der Waals surface area contributed by atoms with E-state index in [1.165, 1.54) is 6.07 Å². The number of rotatable bonds is 5. The lowest BCUT2D eigenvalue weighted by Crippen LogP contribution is -2.36. The average molecular weight is 254 g/mol. The van der Waals surface area contributed by atoms with Crippen molar-refractivity contribution in [2.45, 2.75) is 32.7 Å². The van der Waals surface area contributed by atoms with Gasteiger partial charge in [0.1, 0.15) is 5.82 Å². The number of anilines is 1. The van der Waals surface area contributed by atoms with Crippen molar-refractivity contribution in [2.24, 2.45) is 0 Å². The molecule has 5 heteroatoms. The summed E-state index contributed by atoms with van der Waals surface area (Å²) in [4.78, 5) is 11.6. The summed E-state index contributed by atoms with van der Waals surface area (Å²) in [5.41, 5.74) is 1.04. The Balaban J connectivity index is 2.51. The maximum Gasteiger partial charge on any atom is 0.319 e. The lowest BCUT2D eigenvalue weighted by atomic mass is 10.2. The zero-order valence-electron chi connectivity index (χ0n) is 10.7. The number of nitrogens with one attached hydrogen (secondary N) is 2. The van der Waals surface area contributed by atoms with Gasteiger partial charge in [-0.25, -0.2) is 9.18 Å². The third kappa shape index (κ3) is 4.71. The van der Waals surface area contributed by atoms with Crippen molar-refractivity contribution in [3.05, 3.63) is 29.6 Å². The Bertz CT molecular complexity index is 410. The van der Waals surface area contributed by atoms with E-state index in [0.29, 0.717) is 12.8 Å². The molecule has 0 spiro atoms. The molecule has 3 N–H and O–H groups in total. The largest absolute Gasteiger partial charge is 0.396 e. The molecule has 4 nitrogen and oxygen atoms in total. The zero-order chi connectivity index (χ0) is 13.5. The Morgan fingerprint density at radius 1 is 1.50 bits per heavy atom. The molecule has 2 amide bonds. The van der Waals surface area contributed by atoms with Gasteiger partial charge in [-0.2, -0.15) is 0 Å². The number of halogens is 1. The minimum absolute atomic E-state index is 0.0648. The monoisotopic (exact) mass is 254 g/mol. The number of benzene rings is 1. The number of aliphatic hydroxyl groups excluding tert-OH is 1. The van der Waals surface area contributed by atoms with Crippen molar-refractivity contribution in [1.82, 2.24) is 5.32 Å². The summed E-state index contributed by atoms with van der Waals surface area (Å²) in [6.45, 7) is 3.76. The average Bonchev–Trinajstić information content (AvgIpc) is 2.31. The van der Waals surface area contributed by atoms with Crippen LogP contribution in [0.15, 0.2) is 18.2 Å². The number of aliphatic hydroxyl groups is 1. The molecule has 1 aromatic carbocycles. The summed E-state index contributed by atoms with van der Waals surface area (Å²) < 4.78 is 13.4. The topological polar surface area (TPSA) is 61.4 Å². The smallest absolute Gasteiger partial charge is 0.319 e. The van der Waals surface area contributed by atoms with Crippen LogP contribution in [0, 0.1) is 12.7 Å². The van der Waals surface area contributed by atoms with Crippen LogP contribution in [0.25, 0.3) is 0 Å². The molecule has 0 saturated carbocycles. The first-order valence-electron chi connectivity index (χ1n) is 5.97. The van der Waals surface area contributed by atoms with Crippen LogP contribution in [0.5, 0.6) is 0 Å². The fourth-order valence-electron chi connectivity index (χ4n) is 1.59. The van der Waals surface area contributed by atoms with E-state index in [4.69, 9.17) is 5.11 Å². The van der Waals surface area contributed by atoms with Crippen LogP contribution >= 0.6 is 0 Å². The van der Waals surface area contributed by atoms with Gasteiger partial charge >= 0.3 is 6.03 Å². The molecule has 18 heavy (non-hydrogen) atoms. The Kier molecular flexibility index (Phi) is 5.58. The number of carbonyl (C=O) groups is 1. The fourth-order valence-corrected chi connectivity index (χ4v) is 1.59. The van der Waals surface area contributed by atoms with Crippen LogP contribution in [0.1, 0.15) is 25.3 Å². The van der Waals surface area contributed by atoms with Crippen LogP contribution in [0.2, 0.25) is 0 Å². The number of amides is 2. The fraction of sp³-hybridized carbons (Fsp3) is 0.462. The van der Waals surface area contributed by atoms with Gasteiger partial charge in [-0.1, -0.05) is 6.07 Å². The van der Waals surface area contributed by atoms with Crippen molar-refractivity contribution >= 4 is 11.7 Å². The van der Waals surface area contributed by atoms with Crippen LogP contribution in [0.3, 0.4) is 0 Å². The normalized spacial score (nSPS) is 12.0. The summed E-state index contributed by atoms with van der Waals surface area (Å²) in [5.74, 6) is -0.459. The highest BCUT2D eigenvalue weighted by Gasteiger charge is 2.09. The van der Waals surface area contributed by atoms with Gasteiger partial charge in [-0.05, 0) is 44.4 Å². The van der Waals surface area contributed by atoms with Gasteiger partial charge in [0.05, 0.1) is 5.69 Å². The SMILES string of the molecule is Cc1ccc(F)c(NC(=O)NC(C)CCCO)c1. The highest BCUT2D eigenvalue weighted by molar-refractivity contribution is 5.89. The van der Waals surface area contributed by atoms with Crippen LogP contribution in [0.4, 0.5) is 14.9 Å². The van der Waals surface area contributed by atoms with Crippen molar-refractivity contribution in [1.29, 1.82) is 0 Å².